The molecule has 1 aromatic rings. The Morgan fingerprint density at radius 1 is 1.50 bits per heavy atom. The van der Waals surface area contributed by atoms with Gasteiger partial charge in [-0.3, -0.25) is 0 Å². The molecule has 1 aliphatic heterocycles. The molecule has 2 rings (SSSR count). The topological polar surface area (TPSA) is 75.5 Å². The predicted octanol–water partition coefficient (Wildman–Crippen LogP) is 0.915. The second-order valence-electron chi connectivity index (χ2n) is 5.46. The van der Waals surface area contributed by atoms with E-state index < -0.39 is 17.3 Å². The number of hydrogen-bond acceptors (Lipinski definition) is 5. The van der Waals surface area contributed by atoms with Gasteiger partial charge in [0.15, 0.2) is 0 Å². The van der Waals surface area contributed by atoms with Crippen molar-refractivity contribution in [2.45, 2.75) is 32.0 Å². The monoisotopic (exact) mass is 251 g/mol. The minimum absolute atomic E-state index is 0.193. The first-order valence-corrected chi connectivity index (χ1v) is 5.77. The van der Waals surface area contributed by atoms with Gasteiger partial charge in [-0.05, 0) is 26.8 Å². The van der Waals surface area contributed by atoms with Gasteiger partial charge in [0.1, 0.15) is 17.5 Å². The lowest BCUT2D eigenvalue weighted by molar-refractivity contribution is -0.106. The average Bonchev–Trinajstić information content (AvgIpc) is 2.23. The zero-order valence-corrected chi connectivity index (χ0v) is 10.8. The standard InChI is InChI=1S/C12H17N3O3/c1-11(2,3)18-10(16)15-6-12(17,7-15)9-4-5-13-8-14-9/h4-5,8,17H,6-7H2,1-3H3. The summed E-state index contributed by atoms with van der Waals surface area (Å²) in [6.45, 7) is 5.81. The maximum Gasteiger partial charge on any atom is 0.410 e. The van der Waals surface area contributed by atoms with Crippen LogP contribution in [-0.4, -0.2) is 44.8 Å². The molecule has 0 atom stereocenters. The summed E-state index contributed by atoms with van der Waals surface area (Å²) in [5.41, 5.74) is -1.09. The highest BCUT2D eigenvalue weighted by atomic mass is 16.6. The van der Waals surface area contributed by atoms with Crippen LogP contribution in [0.2, 0.25) is 0 Å². The molecule has 1 aromatic heterocycles. The van der Waals surface area contributed by atoms with Gasteiger partial charge in [0.25, 0.3) is 0 Å². The van der Waals surface area contributed by atoms with Gasteiger partial charge in [0.05, 0.1) is 18.8 Å². The van der Waals surface area contributed by atoms with Crippen LogP contribution in [0.3, 0.4) is 0 Å². The zero-order chi connectivity index (χ0) is 13.4. The molecule has 0 unspecified atom stereocenters. The van der Waals surface area contributed by atoms with Gasteiger partial charge in [-0.15, -0.1) is 0 Å². The Hall–Kier alpha value is -1.69. The van der Waals surface area contributed by atoms with Crippen molar-refractivity contribution in [2.75, 3.05) is 13.1 Å². The highest BCUT2D eigenvalue weighted by Gasteiger charge is 2.47. The summed E-state index contributed by atoms with van der Waals surface area (Å²) in [5.74, 6) is 0. The molecular weight excluding hydrogens is 234 g/mol. The SMILES string of the molecule is CC(C)(C)OC(=O)N1CC(O)(c2ccncn2)C1. The van der Waals surface area contributed by atoms with Crippen LogP contribution in [0.15, 0.2) is 18.6 Å². The van der Waals surface area contributed by atoms with Gasteiger partial charge in [-0.2, -0.15) is 0 Å². The van der Waals surface area contributed by atoms with Crippen LogP contribution in [0, 0.1) is 0 Å². The number of β-amino-alcohol motifs (C(OH)–C–C–N with tert-alkyl or cyclic N) is 1. The van der Waals surface area contributed by atoms with E-state index in [1.165, 1.54) is 11.2 Å². The molecule has 18 heavy (non-hydrogen) atoms. The van der Waals surface area contributed by atoms with Crippen LogP contribution in [0.5, 0.6) is 0 Å². The smallest absolute Gasteiger partial charge is 0.410 e. The Morgan fingerprint density at radius 3 is 2.67 bits per heavy atom. The van der Waals surface area contributed by atoms with Crippen LogP contribution in [0.25, 0.3) is 0 Å². The van der Waals surface area contributed by atoms with Crippen LogP contribution < -0.4 is 0 Å². The lowest BCUT2D eigenvalue weighted by Gasteiger charge is -2.45. The molecule has 0 bridgehead atoms. The second-order valence-corrected chi connectivity index (χ2v) is 5.46. The average molecular weight is 251 g/mol. The number of aliphatic hydroxyl groups is 1. The van der Waals surface area contributed by atoms with Crippen LogP contribution in [-0.2, 0) is 10.3 Å². The van der Waals surface area contributed by atoms with Crippen molar-refractivity contribution in [1.29, 1.82) is 0 Å². The number of amides is 1. The third-order valence-electron chi connectivity index (χ3n) is 2.62. The van der Waals surface area contributed by atoms with Crippen LogP contribution in [0.1, 0.15) is 26.5 Å². The summed E-state index contributed by atoms with van der Waals surface area (Å²) < 4.78 is 5.21. The number of aromatic nitrogens is 2. The number of carbonyl (C=O) groups is 1. The number of carbonyl (C=O) groups excluding carboxylic acids is 1. The first kappa shape index (κ1) is 12.8. The Labute approximate surface area is 106 Å². The van der Waals surface area contributed by atoms with E-state index in [9.17, 15) is 9.90 Å². The maximum absolute atomic E-state index is 11.7. The van der Waals surface area contributed by atoms with E-state index in [1.807, 2.05) is 0 Å². The van der Waals surface area contributed by atoms with E-state index in [4.69, 9.17) is 4.74 Å². The third-order valence-corrected chi connectivity index (χ3v) is 2.62. The molecular formula is C12H17N3O3. The van der Waals surface area contributed by atoms with Crippen molar-refractivity contribution in [3.8, 4) is 0 Å². The normalized spacial score (nSPS) is 18.1. The first-order chi connectivity index (χ1) is 8.30. The highest BCUT2D eigenvalue weighted by Crippen LogP contribution is 2.31. The number of rotatable bonds is 1. The fourth-order valence-electron chi connectivity index (χ4n) is 1.77. The summed E-state index contributed by atoms with van der Waals surface area (Å²) in [5, 5.41) is 10.3. The van der Waals surface area contributed by atoms with E-state index >= 15 is 0 Å². The molecule has 2 heterocycles. The van der Waals surface area contributed by atoms with Gasteiger partial charge in [-0.1, -0.05) is 0 Å². The molecule has 1 amide bonds. The number of nitrogens with zero attached hydrogens (tertiary/aromatic N) is 3. The minimum Gasteiger partial charge on any atom is -0.444 e. The van der Waals surface area contributed by atoms with Crippen LogP contribution >= 0.6 is 0 Å². The lowest BCUT2D eigenvalue weighted by Crippen LogP contribution is -2.62. The van der Waals surface area contributed by atoms with Gasteiger partial charge in [0, 0.05) is 6.20 Å². The molecule has 0 aromatic carbocycles. The van der Waals surface area contributed by atoms with E-state index in [0.717, 1.165) is 0 Å². The predicted molar refractivity (Wildman–Crippen MR) is 63.7 cm³/mol. The molecule has 0 spiro atoms. The van der Waals surface area contributed by atoms with Gasteiger partial charge >= 0.3 is 6.09 Å². The fraction of sp³-hybridized carbons (Fsp3) is 0.583. The molecule has 1 saturated heterocycles. The zero-order valence-electron chi connectivity index (χ0n) is 10.8. The van der Waals surface area contributed by atoms with Crippen molar-refractivity contribution in [1.82, 2.24) is 14.9 Å². The molecule has 1 N–H and O–H groups in total. The molecule has 98 valence electrons. The molecule has 0 saturated carbocycles. The largest absolute Gasteiger partial charge is 0.444 e. The van der Waals surface area contributed by atoms with Crippen molar-refractivity contribution in [3.63, 3.8) is 0 Å². The third kappa shape index (κ3) is 2.59. The quantitative estimate of drug-likeness (QED) is 0.803. The van der Waals surface area contributed by atoms with E-state index in [-0.39, 0.29) is 13.1 Å². The van der Waals surface area contributed by atoms with Crippen molar-refractivity contribution in [2.24, 2.45) is 0 Å². The van der Waals surface area contributed by atoms with Crippen molar-refractivity contribution < 1.29 is 14.6 Å². The molecule has 0 radical (unpaired) electrons. The number of hydrogen-bond donors (Lipinski definition) is 1. The molecule has 1 fully saturated rings. The molecule has 0 aliphatic carbocycles. The van der Waals surface area contributed by atoms with E-state index in [0.29, 0.717) is 5.69 Å². The number of ether oxygens (including phenoxy) is 1. The van der Waals surface area contributed by atoms with Gasteiger partial charge in [-0.25, -0.2) is 14.8 Å². The minimum atomic E-state index is -1.08. The maximum atomic E-state index is 11.7. The summed E-state index contributed by atoms with van der Waals surface area (Å²) >= 11 is 0. The van der Waals surface area contributed by atoms with E-state index in [2.05, 4.69) is 9.97 Å². The Morgan fingerprint density at radius 2 is 2.17 bits per heavy atom. The van der Waals surface area contributed by atoms with Crippen LogP contribution in [0.4, 0.5) is 4.79 Å². The summed E-state index contributed by atoms with van der Waals surface area (Å²) in [6.07, 6.45) is 2.53. The Bertz CT molecular complexity index is 436. The van der Waals surface area contributed by atoms with Crippen molar-refractivity contribution >= 4 is 6.09 Å². The summed E-state index contributed by atoms with van der Waals surface area (Å²) in [6, 6.07) is 1.65. The first-order valence-electron chi connectivity index (χ1n) is 5.77. The fourth-order valence-corrected chi connectivity index (χ4v) is 1.77. The highest BCUT2D eigenvalue weighted by molar-refractivity contribution is 5.69. The number of likely N-dealkylation sites (tertiary alicyclic amines) is 1. The lowest BCUT2D eigenvalue weighted by atomic mass is 9.91. The Balaban J connectivity index is 1.96. The summed E-state index contributed by atoms with van der Waals surface area (Å²) in [4.78, 5) is 21.0. The summed E-state index contributed by atoms with van der Waals surface area (Å²) in [7, 11) is 0. The second kappa shape index (κ2) is 4.20. The molecule has 1 aliphatic rings. The Kier molecular flexibility index (Phi) is 2.98. The molecule has 6 nitrogen and oxygen atoms in total. The molecule has 6 heteroatoms. The van der Waals surface area contributed by atoms with E-state index in [1.54, 1.807) is 33.0 Å². The van der Waals surface area contributed by atoms with Crippen molar-refractivity contribution in [3.05, 3.63) is 24.3 Å². The van der Waals surface area contributed by atoms with Gasteiger partial charge < -0.3 is 14.7 Å². The van der Waals surface area contributed by atoms with Gasteiger partial charge in [0.2, 0.25) is 0 Å².